The summed E-state index contributed by atoms with van der Waals surface area (Å²) in [4.78, 5) is 10.4. The quantitative estimate of drug-likeness (QED) is 0.477. The number of rotatable bonds is 6. The molecule has 1 aromatic rings. The Balaban J connectivity index is 1.93. The fourth-order valence-corrected chi connectivity index (χ4v) is 2.11. The highest BCUT2D eigenvalue weighted by Crippen LogP contribution is 2.34. The molecule has 0 unspecified atom stereocenters. The summed E-state index contributed by atoms with van der Waals surface area (Å²) in [5.41, 5.74) is 0.485. The van der Waals surface area contributed by atoms with Crippen molar-refractivity contribution in [2.24, 2.45) is 5.92 Å². The molecule has 1 aromatic carbocycles. The Hall–Kier alpha value is -1.29. The van der Waals surface area contributed by atoms with Gasteiger partial charge in [-0.1, -0.05) is 30.5 Å². The van der Waals surface area contributed by atoms with Gasteiger partial charge in [-0.15, -0.1) is 0 Å². The predicted octanol–water partition coefficient (Wildman–Crippen LogP) is 3.85. The van der Waals surface area contributed by atoms with E-state index in [1.165, 1.54) is 25.3 Å². The lowest BCUT2D eigenvalue weighted by atomic mass is 10.2. The first-order chi connectivity index (χ1) is 8.18. The van der Waals surface area contributed by atoms with Crippen molar-refractivity contribution < 1.29 is 4.92 Å². The molecule has 4 nitrogen and oxygen atoms in total. The van der Waals surface area contributed by atoms with Crippen LogP contribution in [0.25, 0.3) is 0 Å². The van der Waals surface area contributed by atoms with E-state index in [0.29, 0.717) is 5.69 Å². The highest BCUT2D eigenvalue weighted by Gasteiger charge is 2.21. The number of nitro groups is 1. The van der Waals surface area contributed by atoms with Gasteiger partial charge in [-0.2, -0.15) is 0 Å². The van der Waals surface area contributed by atoms with Crippen molar-refractivity contribution >= 4 is 23.0 Å². The number of nitro benzene ring substituents is 1. The average molecular weight is 255 g/mol. The van der Waals surface area contributed by atoms with Gasteiger partial charge in [0.25, 0.3) is 0 Å². The minimum Gasteiger partial charge on any atom is -0.379 e. The molecule has 5 heteroatoms. The Morgan fingerprint density at radius 1 is 1.47 bits per heavy atom. The molecule has 1 N–H and O–H groups in total. The smallest absolute Gasteiger partial charge is 0.310 e. The van der Waals surface area contributed by atoms with Crippen LogP contribution in [-0.2, 0) is 0 Å². The standard InChI is InChI=1S/C12H15ClN2O2/c13-10-4-1-5-11(12(10)15(16)17)14-8-2-3-9-6-7-9/h1,4-5,9,14H,2-3,6-8H2. The Morgan fingerprint density at radius 2 is 2.24 bits per heavy atom. The molecular weight excluding hydrogens is 240 g/mol. The summed E-state index contributed by atoms with van der Waals surface area (Å²) in [6.45, 7) is 0.762. The number of hydrogen-bond acceptors (Lipinski definition) is 3. The van der Waals surface area contributed by atoms with Gasteiger partial charge in [-0.05, 0) is 30.9 Å². The third-order valence-corrected chi connectivity index (χ3v) is 3.28. The van der Waals surface area contributed by atoms with Gasteiger partial charge < -0.3 is 5.32 Å². The van der Waals surface area contributed by atoms with Crippen molar-refractivity contribution in [2.75, 3.05) is 11.9 Å². The van der Waals surface area contributed by atoms with E-state index >= 15 is 0 Å². The molecule has 0 spiro atoms. The molecule has 92 valence electrons. The molecule has 0 atom stereocenters. The third kappa shape index (κ3) is 3.33. The number of nitrogens with zero attached hydrogens (tertiary/aromatic N) is 1. The molecule has 0 aromatic heterocycles. The molecular formula is C12H15ClN2O2. The van der Waals surface area contributed by atoms with Gasteiger partial charge in [-0.25, -0.2) is 0 Å². The maximum absolute atomic E-state index is 10.9. The molecule has 2 rings (SSSR count). The minimum absolute atomic E-state index is 0.0272. The van der Waals surface area contributed by atoms with Crippen molar-refractivity contribution in [2.45, 2.75) is 25.7 Å². The summed E-state index contributed by atoms with van der Waals surface area (Å²) in [5.74, 6) is 0.895. The SMILES string of the molecule is O=[N+]([O-])c1c(Cl)cccc1NCCCC1CC1. The molecule has 1 saturated carbocycles. The molecule has 0 saturated heterocycles. The fourth-order valence-electron chi connectivity index (χ4n) is 1.86. The van der Waals surface area contributed by atoms with Crippen LogP contribution < -0.4 is 5.32 Å². The van der Waals surface area contributed by atoms with Crippen LogP contribution >= 0.6 is 11.6 Å². The summed E-state index contributed by atoms with van der Waals surface area (Å²) in [7, 11) is 0. The number of halogens is 1. The Bertz CT molecular complexity index is 419. The van der Waals surface area contributed by atoms with Crippen molar-refractivity contribution in [1.29, 1.82) is 0 Å². The first kappa shape index (κ1) is 12.2. The molecule has 0 amide bonds. The second-order valence-corrected chi connectivity index (χ2v) is 4.81. The first-order valence-electron chi connectivity index (χ1n) is 5.85. The minimum atomic E-state index is -0.439. The second kappa shape index (κ2) is 5.36. The van der Waals surface area contributed by atoms with E-state index < -0.39 is 4.92 Å². The average Bonchev–Trinajstić information content (AvgIpc) is 3.07. The first-order valence-corrected chi connectivity index (χ1v) is 6.23. The van der Waals surface area contributed by atoms with Gasteiger partial charge in [0.2, 0.25) is 0 Å². The van der Waals surface area contributed by atoms with E-state index in [0.717, 1.165) is 18.9 Å². The number of para-hydroxylation sites is 1. The predicted molar refractivity (Wildman–Crippen MR) is 68.6 cm³/mol. The monoisotopic (exact) mass is 254 g/mol. The van der Waals surface area contributed by atoms with Crippen LogP contribution in [0.15, 0.2) is 18.2 Å². The zero-order valence-electron chi connectivity index (χ0n) is 9.49. The van der Waals surface area contributed by atoms with Crippen molar-refractivity contribution in [3.8, 4) is 0 Å². The fraction of sp³-hybridized carbons (Fsp3) is 0.500. The summed E-state index contributed by atoms with van der Waals surface area (Å²) >= 11 is 5.82. The third-order valence-electron chi connectivity index (χ3n) is 2.97. The van der Waals surface area contributed by atoms with Gasteiger partial charge in [-0.3, -0.25) is 10.1 Å². The summed E-state index contributed by atoms with van der Waals surface area (Å²) < 4.78 is 0. The Labute approximate surface area is 105 Å². The molecule has 0 bridgehead atoms. The largest absolute Gasteiger partial charge is 0.379 e. The van der Waals surface area contributed by atoms with Crippen LogP contribution in [0, 0.1) is 16.0 Å². The molecule has 0 heterocycles. The van der Waals surface area contributed by atoms with E-state index in [1.807, 2.05) is 0 Å². The lowest BCUT2D eigenvalue weighted by Gasteiger charge is -2.07. The van der Waals surface area contributed by atoms with Crippen LogP contribution in [0.3, 0.4) is 0 Å². The Kier molecular flexibility index (Phi) is 3.84. The van der Waals surface area contributed by atoms with Crippen LogP contribution in [0.2, 0.25) is 5.02 Å². The zero-order valence-corrected chi connectivity index (χ0v) is 10.2. The lowest BCUT2D eigenvalue weighted by Crippen LogP contribution is -2.04. The second-order valence-electron chi connectivity index (χ2n) is 4.41. The van der Waals surface area contributed by atoms with E-state index in [4.69, 9.17) is 11.6 Å². The van der Waals surface area contributed by atoms with Gasteiger partial charge in [0.1, 0.15) is 10.7 Å². The lowest BCUT2D eigenvalue weighted by molar-refractivity contribution is -0.383. The van der Waals surface area contributed by atoms with Crippen LogP contribution in [0.5, 0.6) is 0 Å². The molecule has 1 fully saturated rings. The van der Waals surface area contributed by atoms with Crippen molar-refractivity contribution in [3.63, 3.8) is 0 Å². The van der Waals surface area contributed by atoms with E-state index in [2.05, 4.69) is 5.32 Å². The zero-order chi connectivity index (χ0) is 12.3. The van der Waals surface area contributed by atoms with E-state index in [1.54, 1.807) is 12.1 Å². The van der Waals surface area contributed by atoms with Gasteiger partial charge >= 0.3 is 5.69 Å². The molecule has 0 radical (unpaired) electrons. The van der Waals surface area contributed by atoms with Crippen LogP contribution in [-0.4, -0.2) is 11.5 Å². The van der Waals surface area contributed by atoms with Crippen molar-refractivity contribution in [3.05, 3.63) is 33.3 Å². The molecule has 17 heavy (non-hydrogen) atoms. The number of hydrogen-bond donors (Lipinski definition) is 1. The van der Waals surface area contributed by atoms with Gasteiger partial charge in [0.05, 0.1) is 4.92 Å². The normalized spacial score (nSPS) is 14.6. The van der Waals surface area contributed by atoms with E-state index in [-0.39, 0.29) is 10.7 Å². The maximum Gasteiger partial charge on any atom is 0.310 e. The highest BCUT2D eigenvalue weighted by molar-refractivity contribution is 6.33. The number of benzene rings is 1. The van der Waals surface area contributed by atoms with Gasteiger partial charge in [0.15, 0.2) is 0 Å². The summed E-state index contributed by atoms with van der Waals surface area (Å²) in [6, 6.07) is 4.95. The van der Waals surface area contributed by atoms with E-state index in [9.17, 15) is 10.1 Å². The highest BCUT2D eigenvalue weighted by atomic mass is 35.5. The molecule has 0 aliphatic heterocycles. The molecule has 1 aliphatic carbocycles. The molecule has 1 aliphatic rings. The topological polar surface area (TPSA) is 55.2 Å². The Morgan fingerprint density at radius 3 is 2.88 bits per heavy atom. The van der Waals surface area contributed by atoms with Crippen LogP contribution in [0.1, 0.15) is 25.7 Å². The number of anilines is 1. The summed E-state index contributed by atoms with van der Waals surface area (Å²) in [5, 5.41) is 14.1. The summed E-state index contributed by atoms with van der Waals surface area (Å²) in [6.07, 6.45) is 4.95. The maximum atomic E-state index is 10.9. The number of nitrogens with one attached hydrogen (secondary N) is 1. The van der Waals surface area contributed by atoms with Gasteiger partial charge in [0, 0.05) is 6.54 Å². The van der Waals surface area contributed by atoms with Crippen molar-refractivity contribution in [1.82, 2.24) is 0 Å². The van der Waals surface area contributed by atoms with Crippen LogP contribution in [0.4, 0.5) is 11.4 Å².